The van der Waals surface area contributed by atoms with Gasteiger partial charge in [0.2, 0.25) is 0 Å². The zero-order valence-electron chi connectivity index (χ0n) is 12.4. The van der Waals surface area contributed by atoms with Gasteiger partial charge in [0, 0.05) is 51.2 Å². The van der Waals surface area contributed by atoms with Gasteiger partial charge in [-0.25, -0.2) is 9.97 Å². The van der Waals surface area contributed by atoms with Gasteiger partial charge in [0.25, 0.3) is 5.91 Å². The maximum Gasteiger partial charge on any atom is 0.276 e. The van der Waals surface area contributed by atoms with E-state index in [-0.39, 0.29) is 17.4 Å². The molecule has 2 N–H and O–H groups in total. The first-order chi connectivity index (χ1) is 10.6. The third-order valence-corrected chi connectivity index (χ3v) is 3.65. The maximum atomic E-state index is 12.4. The molecule has 0 radical (unpaired) electrons. The molecule has 3 rings (SSSR count). The van der Waals surface area contributed by atoms with Crippen molar-refractivity contribution < 1.29 is 9.32 Å². The summed E-state index contributed by atoms with van der Waals surface area (Å²) in [5.74, 6) is 0.817. The molecule has 2 aromatic rings. The number of nitrogen functional groups attached to an aromatic ring is 1. The monoisotopic (exact) mass is 302 g/mol. The summed E-state index contributed by atoms with van der Waals surface area (Å²) in [7, 11) is 0. The van der Waals surface area contributed by atoms with Gasteiger partial charge in [0.1, 0.15) is 5.76 Å². The molecule has 0 aromatic carbocycles. The van der Waals surface area contributed by atoms with E-state index in [2.05, 4.69) is 20.0 Å². The molecule has 0 spiro atoms. The number of hydrogen-bond donors (Lipinski definition) is 1. The third-order valence-electron chi connectivity index (χ3n) is 3.65. The first-order valence-corrected chi connectivity index (χ1v) is 7.14. The van der Waals surface area contributed by atoms with Gasteiger partial charge in [-0.3, -0.25) is 9.69 Å². The molecule has 0 unspecified atom stereocenters. The number of amides is 1. The van der Waals surface area contributed by atoms with E-state index < -0.39 is 0 Å². The second kappa shape index (κ2) is 6.10. The summed E-state index contributed by atoms with van der Waals surface area (Å²) in [5, 5.41) is 3.99. The van der Waals surface area contributed by atoms with Crippen LogP contribution in [0.5, 0.6) is 0 Å². The van der Waals surface area contributed by atoms with Gasteiger partial charge in [0.05, 0.1) is 5.69 Å². The quantitative estimate of drug-likeness (QED) is 0.870. The fourth-order valence-corrected chi connectivity index (χ4v) is 2.49. The Morgan fingerprint density at radius 1 is 1.27 bits per heavy atom. The Kier molecular flexibility index (Phi) is 4.01. The van der Waals surface area contributed by atoms with Crippen molar-refractivity contribution in [3.63, 3.8) is 0 Å². The van der Waals surface area contributed by atoms with E-state index in [1.807, 2.05) is 13.0 Å². The van der Waals surface area contributed by atoms with Gasteiger partial charge >= 0.3 is 0 Å². The summed E-state index contributed by atoms with van der Waals surface area (Å²) in [6.45, 7) is 5.41. The van der Waals surface area contributed by atoms with E-state index in [1.54, 1.807) is 4.90 Å². The topological polar surface area (TPSA) is 101 Å². The van der Waals surface area contributed by atoms with Crippen molar-refractivity contribution in [2.24, 2.45) is 0 Å². The zero-order chi connectivity index (χ0) is 15.5. The number of aryl methyl sites for hydroxylation is 1. The molecule has 0 aliphatic carbocycles. The average Bonchev–Trinajstić information content (AvgIpc) is 2.93. The number of hydrogen-bond acceptors (Lipinski definition) is 7. The Labute approximate surface area is 127 Å². The predicted octanol–water partition coefficient (Wildman–Crippen LogP) is 0.313. The number of carbonyl (C=O) groups excluding carboxylic acids is 1. The van der Waals surface area contributed by atoms with Crippen LogP contribution < -0.4 is 5.73 Å². The lowest BCUT2D eigenvalue weighted by Gasteiger charge is -2.34. The molecule has 0 atom stereocenters. The molecule has 3 heterocycles. The Morgan fingerprint density at radius 2 is 2.00 bits per heavy atom. The summed E-state index contributed by atoms with van der Waals surface area (Å²) in [4.78, 5) is 24.3. The van der Waals surface area contributed by atoms with Crippen LogP contribution in [0.3, 0.4) is 0 Å². The fraction of sp³-hybridized carbons (Fsp3) is 0.429. The van der Waals surface area contributed by atoms with Crippen LogP contribution in [-0.2, 0) is 6.54 Å². The Bertz CT molecular complexity index is 663. The SMILES string of the molecule is Cc1cc(CN2CCN(C(=O)c3nccnc3N)CC2)no1. The van der Waals surface area contributed by atoms with Crippen molar-refractivity contribution in [2.75, 3.05) is 31.9 Å². The summed E-state index contributed by atoms with van der Waals surface area (Å²) >= 11 is 0. The molecule has 1 aliphatic heterocycles. The summed E-state index contributed by atoms with van der Waals surface area (Å²) < 4.78 is 5.07. The second-order valence-corrected chi connectivity index (χ2v) is 5.29. The number of nitrogens with two attached hydrogens (primary N) is 1. The van der Waals surface area contributed by atoms with Gasteiger partial charge in [-0.05, 0) is 6.92 Å². The Balaban J connectivity index is 1.57. The molecule has 0 bridgehead atoms. The smallest absolute Gasteiger partial charge is 0.276 e. The Hall–Kier alpha value is -2.48. The number of carbonyl (C=O) groups is 1. The standard InChI is InChI=1S/C14H18N6O2/c1-10-8-11(18-22-10)9-19-4-6-20(7-5-19)14(21)12-13(15)17-3-2-16-12/h2-3,8H,4-7,9H2,1H3,(H2,15,17). The van der Waals surface area contributed by atoms with Crippen LogP contribution in [0.15, 0.2) is 23.0 Å². The van der Waals surface area contributed by atoms with Crippen LogP contribution in [-0.4, -0.2) is 57.0 Å². The highest BCUT2D eigenvalue weighted by molar-refractivity contribution is 5.96. The normalized spacial score (nSPS) is 16.0. The van der Waals surface area contributed by atoms with Gasteiger partial charge in [-0.2, -0.15) is 0 Å². The van der Waals surface area contributed by atoms with E-state index in [0.29, 0.717) is 13.1 Å². The maximum absolute atomic E-state index is 12.4. The summed E-state index contributed by atoms with van der Waals surface area (Å²) in [6.07, 6.45) is 2.96. The number of aromatic nitrogens is 3. The predicted molar refractivity (Wildman–Crippen MR) is 78.9 cm³/mol. The second-order valence-electron chi connectivity index (χ2n) is 5.29. The Morgan fingerprint density at radius 3 is 2.64 bits per heavy atom. The lowest BCUT2D eigenvalue weighted by atomic mass is 10.2. The molecular weight excluding hydrogens is 284 g/mol. The summed E-state index contributed by atoms with van der Waals surface area (Å²) in [5.41, 5.74) is 6.85. The molecule has 0 saturated carbocycles. The first-order valence-electron chi connectivity index (χ1n) is 7.14. The number of nitrogens with zero attached hydrogens (tertiary/aromatic N) is 5. The van der Waals surface area contributed by atoms with Gasteiger partial charge in [-0.15, -0.1) is 0 Å². The molecule has 1 amide bonds. The first kappa shape index (κ1) is 14.5. The van der Waals surface area contributed by atoms with Crippen LogP contribution in [0.2, 0.25) is 0 Å². The van der Waals surface area contributed by atoms with E-state index >= 15 is 0 Å². The van der Waals surface area contributed by atoms with E-state index in [9.17, 15) is 4.79 Å². The summed E-state index contributed by atoms with van der Waals surface area (Å²) in [6, 6.07) is 1.93. The lowest BCUT2D eigenvalue weighted by Crippen LogP contribution is -2.48. The third kappa shape index (κ3) is 3.06. The molecule has 116 valence electrons. The lowest BCUT2D eigenvalue weighted by molar-refractivity contribution is 0.0620. The van der Waals surface area contributed by atoms with Crippen LogP contribution in [0, 0.1) is 6.92 Å². The van der Waals surface area contributed by atoms with E-state index in [4.69, 9.17) is 10.3 Å². The fourth-order valence-electron chi connectivity index (χ4n) is 2.49. The minimum Gasteiger partial charge on any atom is -0.382 e. The van der Waals surface area contributed by atoms with Gasteiger partial charge in [0.15, 0.2) is 11.5 Å². The molecule has 22 heavy (non-hydrogen) atoms. The molecule has 1 fully saturated rings. The van der Waals surface area contributed by atoms with Crippen LogP contribution >= 0.6 is 0 Å². The minimum absolute atomic E-state index is 0.164. The molecular formula is C14H18N6O2. The van der Waals surface area contributed by atoms with Crippen molar-refractivity contribution in [2.45, 2.75) is 13.5 Å². The van der Waals surface area contributed by atoms with Crippen molar-refractivity contribution in [3.05, 3.63) is 35.6 Å². The number of piperazine rings is 1. The molecule has 8 nitrogen and oxygen atoms in total. The molecule has 8 heteroatoms. The van der Waals surface area contributed by atoms with Crippen molar-refractivity contribution in [1.29, 1.82) is 0 Å². The van der Waals surface area contributed by atoms with Gasteiger partial charge in [-0.1, -0.05) is 5.16 Å². The van der Waals surface area contributed by atoms with Gasteiger partial charge < -0.3 is 15.2 Å². The highest BCUT2D eigenvalue weighted by Crippen LogP contribution is 2.12. The van der Waals surface area contributed by atoms with Crippen LogP contribution in [0.25, 0.3) is 0 Å². The highest BCUT2D eigenvalue weighted by atomic mass is 16.5. The number of rotatable bonds is 3. The van der Waals surface area contributed by atoms with Crippen molar-refractivity contribution >= 4 is 11.7 Å². The molecule has 1 aliphatic rings. The van der Waals surface area contributed by atoms with E-state index in [1.165, 1.54) is 12.4 Å². The largest absolute Gasteiger partial charge is 0.382 e. The molecule has 1 saturated heterocycles. The number of anilines is 1. The highest BCUT2D eigenvalue weighted by Gasteiger charge is 2.25. The molecule has 2 aromatic heterocycles. The average molecular weight is 302 g/mol. The van der Waals surface area contributed by atoms with Crippen molar-refractivity contribution in [1.82, 2.24) is 24.9 Å². The zero-order valence-corrected chi connectivity index (χ0v) is 12.4. The van der Waals surface area contributed by atoms with E-state index in [0.717, 1.165) is 31.1 Å². The van der Waals surface area contributed by atoms with Crippen LogP contribution in [0.1, 0.15) is 21.9 Å². The van der Waals surface area contributed by atoms with Crippen LogP contribution in [0.4, 0.5) is 5.82 Å². The minimum atomic E-state index is -0.164. The van der Waals surface area contributed by atoms with Crippen molar-refractivity contribution in [3.8, 4) is 0 Å².